The van der Waals surface area contributed by atoms with E-state index in [0.29, 0.717) is 25.9 Å². The lowest BCUT2D eigenvalue weighted by molar-refractivity contribution is -0.187. The minimum Gasteiger partial charge on any atom is -0.341 e. The number of carbonyl (C=O) groups excluding carboxylic acids is 1. The Labute approximate surface area is 119 Å². The summed E-state index contributed by atoms with van der Waals surface area (Å²) in [6, 6.07) is 0. The smallest absolute Gasteiger partial charge is 0.341 e. The number of piperidine rings is 1. The number of hydrogen-bond donors (Lipinski definition) is 0. The maximum Gasteiger partial charge on any atom is 0.391 e. The zero-order chi connectivity index (χ0) is 14.0. The molecule has 2 nitrogen and oxygen atoms in total. The van der Waals surface area contributed by atoms with Crippen LogP contribution in [0.1, 0.15) is 38.5 Å². The molecule has 1 aliphatic carbocycles. The second-order valence-corrected chi connectivity index (χ2v) is 6.92. The Hall–Kier alpha value is -0.260. The highest BCUT2D eigenvalue weighted by Gasteiger charge is 2.44. The van der Waals surface area contributed by atoms with Crippen LogP contribution in [-0.2, 0) is 4.79 Å². The molecule has 0 radical (unpaired) electrons. The molecule has 1 saturated heterocycles. The van der Waals surface area contributed by atoms with Crippen LogP contribution in [0, 0.1) is 11.8 Å². The summed E-state index contributed by atoms with van der Waals surface area (Å²) in [4.78, 5) is 14.3. The summed E-state index contributed by atoms with van der Waals surface area (Å²) in [5.41, 5.74) is 0. The summed E-state index contributed by atoms with van der Waals surface area (Å²) in [6.45, 7) is 1.32. The summed E-state index contributed by atoms with van der Waals surface area (Å²) < 4.78 is 38.2. The van der Waals surface area contributed by atoms with E-state index in [1.54, 1.807) is 4.90 Å². The fraction of sp³-hybridized carbons (Fsp3) is 0.923. The average Bonchev–Trinajstić information content (AvgIpc) is 2.37. The second kappa shape index (κ2) is 6.02. The van der Waals surface area contributed by atoms with Crippen LogP contribution < -0.4 is 0 Å². The largest absolute Gasteiger partial charge is 0.391 e. The Kier molecular flexibility index (Phi) is 4.79. The fourth-order valence-electron chi connectivity index (χ4n) is 3.10. The van der Waals surface area contributed by atoms with E-state index in [9.17, 15) is 18.0 Å². The number of amides is 1. The maximum atomic E-state index is 12.7. The molecule has 1 amide bonds. The van der Waals surface area contributed by atoms with E-state index < -0.39 is 18.0 Å². The minimum atomic E-state index is -4.15. The third-order valence-electron chi connectivity index (χ3n) is 4.16. The Morgan fingerprint density at radius 3 is 2.53 bits per heavy atom. The van der Waals surface area contributed by atoms with Crippen molar-refractivity contribution in [2.24, 2.45) is 11.8 Å². The van der Waals surface area contributed by atoms with E-state index >= 15 is 0 Å². The quantitative estimate of drug-likeness (QED) is 0.665. The third kappa shape index (κ3) is 3.86. The van der Waals surface area contributed by atoms with Crippen molar-refractivity contribution in [3.63, 3.8) is 0 Å². The van der Waals surface area contributed by atoms with Crippen LogP contribution in [0.15, 0.2) is 0 Å². The van der Waals surface area contributed by atoms with E-state index in [-0.39, 0.29) is 23.6 Å². The van der Waals surface area contributed by atoms with Crippen molar-refractivity contribution in [3.8, 4) is 0 Å². The Balaban J connectivity index is 1.95. The van der Waals surface area contributed by atoms with E-state index in [2.05, 4.69) is 15.9 Å². The van der Waals surface area contributed by atoms with Gasteiger partial charge >= 0.3 is 6.18 Å². The number of rotatable bonds is 1. The topological polar surface area (TPSA) is 20.3 Å². The second-order valence-electron chi connectivity index (χ2n) is 5.63. The highest BCUT2D eigenvalue weighted by Crippen LogP contribution is 2.40. The van der Waals surface area contributed by atoms with E-state index in [1.165, 1.54) is 0 Å². The Morgan fingerprint density at radius 2 is 1.89 bits per heavy atom. The molecule has 1 heterocycles. The van der Waals surface area contributed by atoms with Crippen molar-refractivity contribution in [1.29, 1.82) is 0 Å². The van der Waals surface area contributed by atoms with Crippen LogP contribution in [-0.4, -0.2) is 34.9 Å². The van der Waals surface area contributed by atoms with E-state index in [4.69, 9.17) is 0 Å². The molecule has 0 bridgehead atoms. The lowest BCUT2D eigenvalue weighted by Crippen LogP contribution is -2.45. The first-order chi connectivity index (χ1) is 8.88. The predicted molar refractivity (Wildman–Crippen MR) is 70.0 cm³/mol. The van der Waals surface area contributed by atoms with E-state index in [1.807, 2.05) is 0 Å². The Bertz CT molecular complexity index is 334. The van der Waals surface area contributed by atoms with E-state index in [0.717, 1.165) is 12.8 Å². The van der Waals surface area contributed by atoms with Crippen molar-refractivity contribution in [2.45, 2.75) is 49.5 Å². The summed E-state index contributed by atoms with van der Waals surface area (Å²) in [5, 5.41) is 0. The predicted octanol–water partition coefficient (Wildman–Crippen LogP) is 3.74. The van der Waals surface area contributed by atoms with Gasteiger partial charge < -0.3 is 4.90 Å². The van der Waals surface area contributed by atoms with Gasteiger partial charge in [0.2, 0.25) is 5.91 Å². The Morgan fingerprint density at radius 1 is 1.16 bits per heavy atom. The molecule has 2 fully saturated rings. The number of carbonyl (C=O) groups is 1. The van der Waals surface area contributed by atoms with Gasteiger partial charge in [-0.3, -0.25) is 4.79 Å². The van der Waals surface area contributed by atoms with Crippen molar-refractivity contribution in [2.75, 3.05) is 13.1 Å². The molecule has 19 heavy (non-hydrogen) atoms. The van der Waals surface area contributed by atoms with Crippen molar-refractivity contribution in [3.05, 3.63) is 0 Å². The lowest BCUT2D eigenvalue weighted by Gasteiger charge is -2.36. The molecular weight excluding hydrogens is 323 g/mol. The molecular formula is C13H19BrF3NO. The molecule has 3 atom stereocenters. The van der Waals surface area contributed by atoms with Gasteiger partial charge in [0.15, 0.2) is 0 Å². The number of nitrogens with zero attached hydrogens (tertiary/aromatic N) is 1. The van der Waals surface area contributed by atoms with Crippen molar-refractivity contribution in [1.82, 2.24) is 4.90 Å². The van der Waals surface area contributed by atoms with Crippen LogP contribution >= 0.6 is 15.9 Å². The molecule has 0 aromatic heterocycles. The number of likely N-dealkylation sites (tertiary alicyclic amines) is 1. The molecule has 2 aliphatic rings. The fourth-order valence-corrected chi connectivity index (χ4v) is 3.77. The zero-order valence-corrected chi connectivity index (χ0v) is 12.3. The molecule has 2 rings (SSSR count). The number of alkyl halides is 4. The van der Waals surface area contributed by atoms with Gasteiger partial charge in [-0.1, -0.05) is 22.4 Å². The molecule has 1 saturated carbocycles. The van der Waals surface area contributed by atoms with Gasteiger partial charge in [-0.25, -0.2) is 0 Å². The summed E-state index contributed by atoms with van der Waals surface area (Å²) >= 11 is 3.49. The van der Waals surface area contributed by atoms with Gasteiger partial charge in [0.1, 0.15) is 0 Å². The first kappa shape index (κ1) is 15.1. The van der Waals surface area contributed by atoms with Gasteiger partial charge in [-0.15, -0.1) is 0 Å². The standard InChI is InChI=1S/C13H19BrF3NO/c14-11-5-2-6-18(8-11)12(19)9-3-1-4-10(7-9)13(15,16)17/h9-11H,1-8H2. The first-order valence-corrected chi connectivity index (χ1v) is 7.79. The van der Waals surface area contributed by atoms with Gasteiger partial charge in [0, 0.05) is 23.8 Å². The highest BCUT2D eigenvalue weighted by molar-refractivity contribution is 9.09. The molecule has 1 aliphatic heterocycles. The summed E-state index contributed by atoms with van der Waals surface area (Å²) in [5.74, 6) is -1.80. The van der Waals surface area contributed by atoms with Gasteiger partial charge in [-0.05, 0) is 32.1 Å². The van der Waals surface area contributed by atoms with Crippen LogP contribution in [0.4, 0.5) is 13.2 Å². The maximum absolute atomic E-state index is 12.7. The van der Waals surface area contributed by atoms with Crippen LogP contribution in [0.2, 0.25) is 0 Å². The molecule has 0 aromatic rings. The van der Waals surface area contributed by atoms with Crippen LogP contribution in [0.25, 0.3) is 0 Å². The normalized spacial score (nSPS) is 33.3. The van der Waals surface area contributed by atoms with Crippen LogP contribution in [0.3, 0.4) is 0 Å². The third-order valence-corrected chi connectivity index (χ3v) is 4.91. The van der Waals surface area contributed by atoms with Crippen molar-refractivity contribution >= 4 is 21.8 Å². The number of hydrogen-bond acceptors (Lipinski definition) is 1. The highest BCUT2D eigenvalue weighted by atomic mass is 79.9. The molecule has 110 valence electrons. The molecule has 3 unspecified atom stereocenters. The molecule has 0 aromatic carbocycles. The SMILES string of the molecule is O=C(C1CCCC(C(F)(F)F)C1)N1CCCC(Br)C1. The van der Waals surface area contributed by atoms with Crippen LogP contribution in [0.5, 0.6) is 0 Å². The van der Waals surface area contributed by atoms with Crippen molar-refractivity contribution < 1.29 is 18.0 Å². The molecule has 0 spiro atoms. The minimum absolute atomic E-state index is 0.0220. The monoisotopic (exact) mass is 341 g/mol. The summed E-state index contributed by atoms with van der Waals surface area (Å²) in [6.07, 6.45) is -0.934. The lowest BCUT2D eigenvalue weighted by atomic mass is 9.80. The summed E-state index contributed by atoms with van der Waals surface area (Å²) in [7, 11) is 0. The zero-order valence-electron chi connectivity index (χ0n) is 10.8. The van der Waals surface area contributed by atoms with Gasteiger partial charge in [0.25, 0.3) is 0 Å². The first-order valence-electron chi connectivity index (χ1n) is 6.87. The van der Waals surface area contributed by atoms with Gasteiger partial charge in [0.05, 0.1) is 5.92 Å². The molecule has 6 heteroatoms. The molecule has 0 N–H and O–H groups in total. The van der Waals surface area contributed by atoms with Gasteiger partial charge in [-0.2, -0.15) is 13.2 Å². The average molecular weight is 342 g/mol. The number of halogens is 4.